The van der Waals surface area contributed by atoms with Crippen molar-refractivity contribution in [2.45, 2.75) is 37.6 Å². The molecule has 1 spiro atoms. The van der Waals surface area contributed by atoms with Crippen LogP contribution in [0.5, 0.6) is 0 Å². The first-order valence-electron chi connectivity index (χ1n) is 5.86. The number of nitrogen functional groups attached to an aromatic ring is 1. The van der Waals surface area contributed by atoms with Crippen LogP contribution in [0.4, 0.5) is 5.82 Å². The van der Waals surface area contributed by atoms with Crippen LogP contribution in [0, 0.1) is 0 Å². The van der Waals surface area contributed by atoms with Crippen LogP contribution in [0.3, 0.4) is 0 Å². The first-order chi connectivity index (χ1) is 8.65. The summed E-state index contributed by atoms with van der Waals surface area (Å²) in [6.45, 7) is 0. The summed E-state index contributed by atoms with van der Waals surface area (Å²) in [5.41, 5.74) is 4.71. The molecule has 1 aromatic heterocycles. The summed E-state index contributed by atoms with van der Waals surface area (Å²) in [5, 5.41) is 18.1. The first kappa shape index (κ1) is 11.1. The van der Waals surface area contributed by atoms with E-state index < -0.39 is 5.54 Å². The van der Waals surface area contributed by atoms with E-state index in [4.69, 9.17) is 5.73 Å². The zero-order valence-corrected chi connectivity index (χ0v) is 9.67. The fourth-order valence-electron chi connectivity index (χ4n) is 2.61. The summed E-state index contributed by atoms with van der Waals surface area (Å²) in [6.07, 6.45) is 4.00. The Kier molecular flexibility index (Phi) is 2.34. The van der Waals surface area contributed by atoms with Gasteiger partial charge in [-0.3, -0.25) is 10.0 Å². The van der Waals surface area contributed by atoms with Crippen LogP contribution >= 0.6 is 0 Å². The molecule has 1 aliphatic carbocycles. The Morgan fingerprint density at radius 3 is 2.61 bits per heavy atom. The van der Waals surface area contributed by atoms with E-state index in [9.17, 15) is 10.0 Å². The molecule has 8 nitrogen and oxygen atoms in total. The monoisotopic (exact) mass is 251 g/mol. The number of hydroxylamine groups is 2. The summed E-state index contributed by atoms with van der Waals surface area (Å²) >= 11 is 0. The van der Waals surface area contributed by atoms with Crippen molar-refractivity contribution >= 4 is 17.6 Å². The Morgan fingerprint density at radius 2 is 2.00 bits per heavy atom. The number of nitrogens with zero attached hydrogens (tertiary/aromatic N) is 4. The van der Waals surface area contributed by atoms with Gasteiger partial charge in [0, 0.05) is 0 Å². The largest absolute Gasteiger partial charge is 0.379 e. The summed E-state index contributed by atoms with van der Waals surface area (Å²) in [7, 11) is 0. The van der Waals surface area contributed by atoms with E-state index in [1.807, 2.05) is 0 Å². The van der Waals surface area contributed by atoms with Crippen molar-refractivity contribution in [1.29, 1.82) is 0 Å². The fourth-order valence-corrected chi connectivity index (χ4v) is 2.61. The molecule has 2 heterocycles. The average Bonchev–Trinajstić information content (AvgIpc) is 2.89. The third-order valence-corrected chi connectivity index (χ3v) is 3.62. The van der Waals surface area contributed by atoms with Crippen molar-refractivity contribution in [3.8, 4) is 0 Å². The fraction of sp³-hybridized carbons (Fsp3) is 0.600. The molecule has 1 amide bonds. The molecule has 3 N–H and O–H groups in total. The first-order valence-corrected chi connectivity index (χ1v) is 5.86. The number of hydrogen-bond donors (Lipinski definition) is 2. The third kappa shape index (κ3) is 1.35. The Morgan fingerprint density at radius 1 is 1.28 bits per heavy atom. The number of rotatable bonds is 1. The number of nitrogens with two attached hydrogens (primary N) is 1. The van der Waals surface area contributed by atoms with Gasteiger partial charge in [0.2, 0.25) is 0 Å². The van der Waals surface area contributed by atoms with Crippen molar-refractivity contribution < 1.29 is 14.6 Å². The summed E-state index contributed by atoms with van der Waals surface area (Å²) in [6, 6.07) is 0. The third-order valence-electron chi connectivity index (χ3n) is 3.62. The van der Waals surface area contributed by atoms with Crippen LogP contribution < -0.4 is 5.73 Å². The minimum Gasteiger partial charge on any atom is -0.379 e. The molecule has 0 unspecified atom stereocenters. The SMILES string of the molecule is Nc1nonc1C1=NC(=O)C2(CCCCC2)N1O. The summed E-state index contributed by atoms with van der Waals surface area (Å²) in [5.74, 6) is -0.309. The molecule has 0 aromatic carbocycles. The lowest BCUT2D eigenvalue weighted by Gasteiger charge is -2.36. The highest BCUT2D eigenvalue weighted by Gasteiger charge is 2.52. The van der Waals surface area contributed by atoms with E-state index >= 15 is 0 Å². The second kappa shape index (κ2) is 3.77. The van der Waals surface area contributed by atoms with E-state index in [1.165, 1.54) is 0 Å². The van der Waals surface area contributed by atoms with E-state index in [-0.39, 0.29) is 23.3 Å². The molecule has 0 saturated heterocycles. The predicted octanol–water partition coefficient (Wildman–Crippen LogP) is 0.333. The molecule has 1 aliphatic heterocycles. The molecule has 1 aromatic rings. The molecule has 8 heteroatoms. The van der Waals surface area contributed by atoms with Gasteiger partial charge in [0.15, 0.2) is 17.3 Å². The molecule has 0 atom stereocenters. The highest BCUT2D eigenvalue weighted by Crippen LogP contribution is 2.38. The van der Waals surface area contributed by atoms with E-state index in [1.54, 1.807) is 0 Å². The number of carbonyl (C=O) groups excluding carboxylic acids is 1. The zero-order chi connectivity index (χ0) is 12.8. The van der Waals surface area contributed by atoms with E-state index in [2.05, 4.69) is 19.9 Å². The topological polar surface area (TPSA) is 118 Å². The van der Waals surface area contributed by atoms with Crippen LogP contribution in [0.25, 0.3) is 0 Å². The summed E-state index contributed by atoms with van der Waals surface area (Å²) < 4.78 is 4.46. The van der Waals surface area contributed by atoms with Gasteiger partial charge >= 0.3 is 0 Å². The molecule has 1 saturated carbocycles. The molecule has 0 radical (unpaired) electrons. The number of anilines is 1. The van der Waals surface area contributed by atoms with Gasteiger partial charge in [-0.15, -0.1) is 0 Å². The maximum absolute atomic E-state index is 12.1. The Bertz CT molecular complexity index is 517. The van der Waals surface area contributed by atoms with Crippen LogP contribution in [0.1, 0.15) is 37.8 Å². The smallest absolute Gasteiger partial charge is 0.276 e. The van der Waals surface area contributed by atoms with Crippen molar-refractivity contribution in [1.82, 2.24) is 15.4 Å². The van der Waals surface area contributed by atoms with Crippen molar-refractivity contribution in [2.75, 3.05) is 5.73 Å². The highest BCUT2D eigenvalue weighted by atomic mass is 16.6. The van der Waals surface area contributed by atoms with Crippen molar-refractivity contribution in [3.05, 3.63) is 5.69 Å². The standard InChI is InChI=1S/C10H13N5O3/c11-7-6(13-18-14-7)8-12-9(16)10(15(8)17)4-2-1-3-5-10/h17H,1-5H2,(H2,11,14). The lowest BCUT2D eigenvalue weighted by molar-refractivity contribution is -0.149. The zero-order valence-electron chi connectivity index (χ0n) is 9.67. The number of hydrogen-bond acceptors (Lipinski definition) is 7. The minimum atomic E-state index is -0.945. The van der Waals surface area contributed by atoms with Crippen LogP contribution in [0.2, 0.25) is 0 Å². The molecule has 1 fully saturated rings. The Labute approximate surface area is 102 Å². The molecule has 2 aliphatic rings. The maximum atomic E-state index is 12.1. The second-order valence-corrected chi connectivity index (χ2v) is 4.64. The Hall–Kier alpha value is -1.96. The molecular formula is C10H13N5O3. The second-order valence-electron chi connectivity index (χ2n) is 4.64. The van der Waals surface area contributed by atoms with Gasteiger partial charge in [-0.1, -0.05) is 19.3 Å². The van der Waals surface area contributed by atoms with Gasteiger partial charge in [-0.25, -0.2) is 9.69 Å². The molecule has 0 bridgehead atoms. The van der Waals surface area contributed by atoms with Gasteiger partial charge in [0.25, 0.3) is 5.91 Å². The molecule has 18 heavy (non-hydrogen) atoms. The number of carbonyl (C=O) groups is 1. The molecular weight excluding hydrogens is 238 g/mol. The van der Waals surface area contributed by atoms with Gasteiger partial charge in [0.05, 0.1) is 0 Å². The number of amides is 1. The lowest BCUT2D eigenvalue weighted by Crippen LogP contribution is -2.51. The predicted molar refractivity (Wildman–Crippen MR) is 59.7 cm³/mol. The number of aromatic nitrogens is 2. The number of aliphatic imine (C=N–C) groups is 1. The van der Waals surface area contributed by atoms with Gasteiger partial charge in [0.1, 0.15) is 5.54 Å². The normalized spacial score (nSPS) is 22.6. The van der Waals surface area contributed by atoms with Crippen LogP contribution in [-0.4, -0.2) is 37.9 Å². The van der Waals surface area contributed by atoms with E-state index in [0.717, 1.165) is 24.3 Å². The highest BCUT2D eigenvalue weighted by molar-refractivity contribution is 6.13. The lowest BCUT2D eigenvalue weighted by atomic mass is 9.81. The average molecular weight is 251 g/mol. The van der Waals surface area contributed by atoms with Crippen LogP contribution in [0.15, 0.2) is 9.62 Å². The van der Waals surface area contributed by atoms with E-state index in [0.29, 0.717) is 12.8 Å². The molecule has 96 valence electrons. The number of amidine groups is 1. The van der Waals surface area contributed by atoms with Gasteiger partial charge < -0.3 is 5.73 Å². The van der Waals surface area contributed by atoms with Gasteiger partial charge in [-0.2, -0.15) is 4.99 Å². The Balaban J connectivity index is 1.98. The minimum absolute atomic E-state index is 0.00783. The van der Waals surface area contributed by atoms with Crippen molar-refractivity contribution in [2.24, 2.45) is 4.99 Å². The molecule has 3 rings (SSSR count). The van der Waals surface area contributed by atoms with Crippen LogP contribution in [-0.2, 0) is 4.79 Å². The summed E-state index contributed by atoms with van der Waals surface area (Å²) in [4.78, 5) is 15.9. The quantitative estimate of drug-likeness (QED) is 0.738. The van der Waals surface area contributed by atoms with Gasteiger partial charge in [-0.05, 0) is 23.2 Å². The maximum Gasteiger partial charge on any atom is 0.276 e. The van der Waals surface area contributed by atoms with Crippen molar-refractivity contribution in [3.63, 3.8) is 0 Å².